The van der Waals surface area contributed by atoms with Crippen molar-refractivity contribution >= 4 is 23.0 Å². The second-order valence-corrected chi connectivity index (χ2v) is 4.81. The predicted molar refractivity (Wildman–Crippen MR) is 65.2 cm³/mol. The monoisotopic (exact) mass is 260 g/mol. The van der Waals surface area contributed by atoms with E-state index in [1.165, 1.54) is 0 Å². The molecule has 0 bridgehead atoms. The van der Waals surface area contributed by atoms with Crippen molar-refractivity contribution in [2.45, 2.75) is 18.4 Å². The summed E-state index contributed by atoms with van der Waals surface area (Å²) in [6.45, 7) is 0. The van der Waals surface area contributed by atoms with Gasteiger partial charge in [-0.05, 0) is 25.0 Å². The lowest BCUT2D eigenvalue weighted by Gasteiger charge is -2.08. The molecule has 0 radical (unpaired) electrons. The summed E-state index contributed by atoms with van der Waals surface area (Å²) in [4.78, 5) is 16.1. The van der Waals surface area contributed by atoms with E-state index in [1.54, 1.807) is 28.9 Å². The summed E-state index contributed by atoms with van der Waals surface area (Å²) in [5.74, 6) is -0.0698. The Bertz CT molecular complexity index is 681. The number of carbonyl (C=O) groups excluding carboxylic acids is 1. The molecule has 0 unspecified atom stereocenters. The third-order valence-corrected chi connectivity index (χ3v) is 3.25. The first-order valence-electron chi connectivity index (χ1n) is 5.50. The van der Waals surface area contributed by atoms with Gasteiger partial charge in [0.1, 0.15) is 5.54 Å². The van der Waals surface area contributed by atoms with Crippen molar-refractivity contribution in [3.05, 3.63) is 35.4 Å². The molecular formula is C12H9ClN4O. The quantitative estimate of drug-likeness (QED) is 0.895. The van der Waals surface area contributed by atoms with E-state index in [0.29, 0.717) is 17.9 Å². The van der Waals surface area contributed by atoms with E-state index < -0.39 is 5.54 Å². The van der Waals surface area contributed by atoms with Gasteiger partial charge in [-0.25, -0.2) is 4.98 Å². The van der Waals surface area contributed by atoms with E-state index in [2.05, 4.69) is 16.4 Å². The highest BCUT2D eigenvalue weighted by Gasteiger charge is 2.45. The number of amides is 1. The van der Waals surface area contributed by atoms with Gasteiger partial charge in [0.15, 0.2) is 0 Å². The maximum atomic E-state index is 12.0. The Morgan fingerprint density at radius 2 is 2.39 bits per heavy atom. The average molecular weight is 261 g/mol. The van der Waals surface area contributed by atoms with Crippen molar-refractivity contribution in [2.75, 3.05) is 0 Å². The smallest absolute Gasteiger partial charge is 0.288 e. The molecular weight excluding hydrogens is 252 g/mol. The summed E-state index contributed by atoms with van der Waals surface area (Å²) < 4.78 is 1.65. The van der Waals surface area contributed by atoms with Gasteiger partial charge in [-0.1, -0.05) is 11.6 Å². The van der Waals surface area contributed by atoms with Gasteiger partial charge in [0, 0.05) is 11.2 Å². The third kappa shape index (κ3) is 1.71. The van der Waals surface area contributed by atoms with Crippen LogP contribution in [0.2, 0.25) is 5.02 Å². The maximum Gasteiger partial charge on any atom is 0.288 e. The van der Waals surface area contributed by atoms with Gasteiger partial charge in [-0.3, -0.25) is 9.20 Å². The normalized spacial score (nSPS) is 16.2. The van der Waals surface area contributed by atoms with Crippen molar-refractivity contribution in [2.24, 2.45) is 0 Å². The Morgan fingerprint density at radius 3 is 3.06 bits per heavy atom. The Hall–Kier alpha value is -2.06. The molecule has 1 amide bonds. The van der Waals surface area contributed by atoms with E-state index in [1.807, 2.05) is 0 Å². The highest BCUT2D eigenvalue weighted by atomic mass is 35.5. The fourth-order valence-electron chi connectivity index (χ4n) is 1.80. The van der Waals surface area contributed by atoms with Crippen LogP contribution in [0.3, 0.4) is 0 Å². The summed E-state index contributed by atoms with van der Waals surface area (Å²) >= 11 is 5.86. The molecule has 0 atom stereocenters. The van der Waals surface area contributed by atoms with Crippen LogP contribution in [-0.2, 0) is 0 Å². The van der Waals surface area contributed by atoms with E-state index in [4.69, 9.17) is 16.9 Å². The Morgan fingerprint density at radius 1 is 1.61 bits per heavy atom. The molecule has 6 heteroatoms. The molecule has 5 nitrogen and oxygen atoms in total. The van der Waals surface area contributed by atoms with Crippen molar-refractivity contribution in [3.8, 4) is 6.07 Å². The summed E-state index contributed by atoms with van der Waals surface area (Å²) in [5, 5.41) is 12.2. The molecule has 1 fully saturated rings. The molecule has 18 heavy (non-hydrogen) atoms. The highest BCUT2D eigenvalue weighted by Crippen LogP contribution is 2.34. The lowest BCUT2D eigenvalue weighted by atomic mass is 10.3. The number of nitrogens with zero attached hydrogens (tertiary/aromatic N) is 3. The molecule has 1 aliphatic rings. The van der Waals surface area contributed by atoms with Gasteiger partial charge in [0.2, 0.25) is 5.82 Å². The minimum absolute atomic E-state index is 0.267. The Labute approximate surface area is 108 Å². The van der Waals surface area contributed by atoms with Crippen LogP contribution in [0, 0.1) is 11.3 Å². The predicted octanol–water partition coefficient (Wildman–Crippen LogP) is 1.77. The molecule has 0 spiro atoms. The number of rotatable bonds is 2. The van der Waals surface area contributed by atoms with Gasteiger partial charge >= 0.3 is 0 Å². The van der Waals surface area contributed by atoms with Crippen molar-refractivity contribution in [1.82, 2.24) is 14.7 Å². The molecule has 90 valence electrons. The molecule has 0 saturated heterocycles. The zero-order valence-electron chi connectivity index (χ0n) is 9.35. The Kier molecular flexibility index (Phi) is 2.28. The molecule has 2 heterocycles. The zero-order chi connectivity index (χ0) is 12.8. The molecule has 0 aliphatic heterocycles. The van der Waals surface area contributed by atoms with Crippen LogP contribution in [-0.4, -0.2) is 20.8 Å². The van der Waals surface area contributed by atoms with E-state index in [9.17, 15) is 4.79 Å². The molecule has 1 N–H and O–H groups in total. The number of fused-ring (bicyclic) bond motifs is 1. The van der Waals surface area contributed by atoms with E-state index in [-0.39, 0.29) is 11.7 Å². The van der Waals surface area contributed by atoms with Crippen molar-refractivity contribution in [3.63, 3.8) is 0 Å². The molecule has 0 aromatic carbocycles. The number of imidazole rings is 1. The summed E-state index contributed by atoms with van der Waals surface area (Å²) in [7, 11) is 0. The number of halogens is 1. The number of hydrogen-bond acceptors (Lipinski definition) is 3. The largest absolute Gasteiger partial charge is 0.331 e. The van der Waals surface area contributed by atoms with Crippen LogP contribution in [0.1, 0.15) is 23.5 Å². The minimum Gasteiger partial charge on any atom is -0.331 e. The van der Waals surface area contributed by atoms with Crippen LogP contribution >= 0.6 is 11.6 Å². The van der Waals surface area contributed by atoms with Crippen LogP contribution in [0.5, 0.6) is 0 Å². The summed E-state index contributed by atoms with van der Waals surface area (Å²) in [6, 6.07) is 5.52. The van der Waals surface area contributed by atoms with Crippen LogP contribution < -0.4 is 5.32 Å². The van der Waals surface area contributed by atoms with Crippen LogP contribution in [0.4, 0.5) is 0 Å². The first-order chi connectivity index (χ1) is 8.63. The van der Waals surface area contributed by atoms with E-state index in [0.717, 1.165) is 5.52 Å². The standard InChI is InChI=1S/C12H9ClN4O/c13-8-1-4-17-9(5-8)6-15-10(17)11(18)16-12(7-14)2-3-12/h1,4-6H,2-3H2,(H,16,18). The number of nitriles is 1. The first kappa shape index (κ1) is 11.1. The lowest BCUT2D eigenvalue weighted by Crippen LogP contribution is -2.36. The average Bonchev–Trinajstić information content (AvgIpc) is 3.00. The van der Waals surface area contributed by atoms with E-state index >= 15 is 0 Å². The lowest BCUT2D eigenvalue weighted by molar-refractivity contribution is 0.0930. The number of aromatic nitrogens is 2. The SMILES string of the molecule is N#CC1(NC(=O)c2ncc3cc(Cl)ccn23)CC1. The topological polar surface area (TPSA) is 70.2 Å². The zero-order valence-corrected chi connectivity index (χ0v) is 10.1. The van der Waals surface area contributed by atoms with Gasteiger partial charge in [0.05, 0.1) is 17.8 Å². The molecule has 1 saturated carbocycles. The fraction of sp³-hybridized carbons (Fsp3) is 0.250. The second-order valence-electron chi connectivity index (χ2n) is 4.37. The van der Waals surface area contributed by atoms with Crippen LogP contribution in [0.25, 0.3) is 5.52 Å². The third-order valence-electron chi connectivity index (χ3n) is 3.01. The van der Waals surface area contributed by atoms with Gasteiger partial charge < -0.3 is 5.32 Å². The number of nitrogens with one attached hydrogen (secondary N) is 1. The van der Waals surface area contributed by atoms with Gasteiger partial charge in [0.25, 0.3) is 5.91 Å². The summed E-state index contributed by atoms with van der Waals surface area (Å²) in [5.41, 5.74) is 0.0597. The first-order valence-corrected chi connectivity index (χ1v) is 5.88. The minimum atomic E-state index is -0.685. The fourth-order valence-corrected chi connectivity index (χ4v) is 1.97. The molecule has 2 aromatic heterocycles. The molecule has 2 aromatic rings. The van der Waals surface area contributed by atoms with Crippen molar-refractivity contribution in [1.29, 1.82) is 5.26 Å². The van der Waals surface area contributed by atoms with Gasteiger partial charge in [-0.2, -0.15) is 5.26 Å². The molecule has 1 aliphatic carbocycles. The number of pyridine rings is 1. The van der Waals surface area contributed by atoms with Crippen molar-refractivity contribution < 1.29 is 4.79 Å². The second kappa shape index (κ2) is 3.72. The number of carbonyl (C=O) groups is 1. The summed E-state index contributed by atoms with van der Waals surface area (Å²) in [6.07, 6.45) is 4.66. The van der Waals surface area contributed by atoms with Crippen LogP contribution in [0.15, 0.2) is 24.5 Å². The highest BCUT2D eigenvalue weighted by molar-refractivity contribution is 6.30. The maximum absolute atomic E-state index is 12.0. The molecule has 3 rings (SSSR count). The Balaban J connectivity index is 1.95. The number of hydrogen-bond donors (Lipinski definition) is 1. The van der Waals surface area contributed by atoms with Gasteiger partial charge in [-0.15, -0.1) is 0 Å².